The number of hydrogen-bond acceptors (Lipinski definition) is 3. The standard InChI is InChI=1S/C16H24N4/c1-12(2)19-9-5-7-14(11-19)10-16-18-17-15-8-4-6-13(3)20(15)16/h4,6,8,12,14H,5,7,9-11H2,1-3H3. The van der Waals surface area contributed by atoms with E-state index < -0.39 is 0 Å². The Bertz CT molecular complexity index is 587. The number of aromatic nitrogens is 3. The van der Waals surface area contributed by atoms with E-state index in [4.69, 9.17) is 0 Å². The highest BCUT2D eigenvalue weighted by Crippen LogP contribution is 2.22. The molecule has 0 aromatic carbocycles. The lowest BCUT2D eigenvalue weighted by molar-refractivity contribution is 0.138. The molecule has 2 aromatic heterocycles. The minimum absolute atomic E-state index is 0.648. The summed E-state index contributed by atoms with van der Waals surface area (Å²) in [7, 11) is 0. The van der Waals surface area contributed by atoms with Gasteiger partial charge < -0.3 is 4.90 Å². The van der Waals surface area contributed by atoms with Crippen molar-refractivity contribution in [3.63, 3.8) is 0 Å². The average molecular weight is 272 g/mol. The predicted molar refractivity (Wildman–Crippen MR) is 80.9 cm³/mol. The molecule has 0 radical (unpaired) electrons. The molecule has 1 unspecified atom stereocenters. The maximum atomic E-state index is 4.41. The van der Waals surface area contributed by atoms with Gasteiger partial charge in [-0.2, -0.15) is 0 Å². The molecule has 20 heavy (non-hydrogen) atoms. The third kappa shape index (κ3) is 2.57. The van der Waals surface area contributed by atoms with E-state index in [-0.39, 0.29) is 0 Å². The summed E-state index contributed by atoms with van der Waals surface area (Å²) in [5, 5.41) is 8.71. The molecule has 2 aromatic rings. The Morgan fingerprint density at radius 2 is 2.15 bits per heavy atom. The van der Waals surface area contributed by atoms with Gasteiger partial charge in [0.2, 0.25) is 0 Å². The van der Waals surface area contributed by atoms with E-state index in [1.807, 2.05) is 12.1 Å². The van der Waals surface area contributed by atoms with Crippen LogP contribution in [0.4, 0.5) is 0 Å². The normalized spacial score (nSPS) is 20.9. The SMILES string of the molecule is Cc1cccc2nnc(CC3CCCN(C(C)C)C3)n12. The lowest BCUT2D eigenvalue weighted by Crippen LogP contribution is -2.40. The van der Waals surface area contributed by atoms with Crippen molar-refractivity contribution in [1.82, 2.24) is 19.5 Å². The Morgan fingerprint density at radius 3 is 2.95 bits per heavy atom. The van der Waals surface area contributed by atoms with Crippen LogP contribution in [-0.4, -0.2) is 38.6 Å². The fraction of sp³-hybridized carbons (Fsp3) is 0.625. The van der Waals surface area contributed by atoms with E-state index in [1.165, 1.54) is 31.6 Å². The van der Waals surface area contributed by atoms with Crippen molar-refractivity contribution in [1.29, 1.82) is 0 Å². The highest BCUT2D eigenvalue weighted by molar-refractivity contribution is 5.39. The largest absolute Gasteiger partial charge is 0.301 e. The fourth-order valence-corrected chi connectivity index (χ4v) is 3.29. The lowest BCUT2D eigenvalue weighted by atomic mass is 9.93. The van der Waals surface area contributed by atoms with Crippen molar-refractivity contribution in [2.75, 3.05) is 13.1 Å². The van der Waals surface area contributed by atoms with Crippen molar-refractivity contribution in [2.24, 2.45) is 5.92 Å². The fourth-order valence-electron chi connectivity index (χ4n) is 3.29. The van der Waals surface area contributed by atoms with Gasteiger partial charge in [0.05, 0.1) is 0 Å². The first-order chi connectivity index (χ1) is 9.65. The van der Waals surface area contributed by atoms with Gasteiger partial charge in [0.1, 0.15) is 5.82 Å². The molecule has 1 aliphatic heterocycles. The first-order valence-electron chi connectivity index (χ1n) is 7.69. The van der Waals surface area contributed by atoms with Gasteiger partial charge in [-0.25, -0.2) is 0 Å². The summed E-state index contributed by atoms with van der Waals surface area (Å²) >= 11 is 0. The van der Waals surface area contributed by atoms with Crippen LogP contribution in [0.25, 0.3) is 5.65 Å². The van der Waals surface area contributed by atoms with Crippen LogP contribution in [0.1, 0.15) is 38.2 Å². The van der Waals surface area contributed by atoms with Crippen LogP contribution >= 0.6 is 0 Å². The summed E-state index contributed by atoms with van der Waals surface area (Å²) in [6.07, 6.45) is 3.65. The van der Waals surface area contributed by atoms with Gasteiger partial charge in [-0.3, -0.25) is 4.40 Å². The molecule has 1 atom stereocenters. The Morgan fingerprint density at radius 1 is 1.30 bits per heavy atom. The molecule has 0 aliphatic carbocycles. The van der Waals surface area contributed by atoms with E-state index in [1.54, 1.807) is 0 Å². The first kappa shape index (κ1) is 13.6. The molecule has 0 bridgehead atoms. The number of aryl methyl sites for hydroxylation is 1. The number of rotatable bonds is 3. The first-order valence-corrected chi connectivity index (χ1v) is 7.69. The molecule has 0 amide bonds. The van der Waals surface area contributed by atoms with Crippen molar-refractivity contribution in [3.8, 4) is 0 Å². The second-order valence-corrected chi connectivity index (χ2v) is 6.28. The maximum Gasteiger partial charge on any atom is 0.160 e. The zero-order chi connectivity index (χ0) is 14.1. The minimum atomic E-state index is 0.648. The van der Waals surface area contributed by atoms with Crippen molar-refractivity contribution in [3.05, 3.63) is 29.7 Å². The summed E-state index contributed by atoms with van der Waals surface area (Å²) in [5.41, 5.74) is 2.19. The summed E-state index contributed by atoms with van der Waals surface area (Å²) < 4.78 is 2.20. The van der Waals surface area contributed by atoms with Gasteiger partial charge in [0.25, 0.3) is 0 Å². The molecule has 1 aliphatic rings. The van der Waals surface area contributed by atoms with Gasteiger partial charge in [0, 0.05) is 24.7 Å². The van der Waals surface area contributed by atoms with E-state index in [2.05, 4.69) is 46.3 Å². The van der Waals surface area contributed by atoms with E-state index >= 15 is 0 Å². The maximum absolute atomic E-state index is 4.41. The molecule has 1 saturated heterocycles. The molecular formula is C16H24N4. The average Bonchev–Trinajstić information content (AvgIpc) is 2.84. The van der Waals surface area contributed by atoms with Crippen LogP contribution in [-0.2, 0) is 6.42 Å². The summed E-state index contributed by atoms with van der Waals surface area (Å²) in [6.45, 7) is 9.14. The highest BCUT2D eigenvalue weighted by Gasteiger charge is 2.23. The second kappa shape index (κ2) is 5.52. The zero-order valence-electron chi connectivity index (χ0n) is 12.7. The van der Waals surface area contributed by atoms with Gasteiger partial charge >= 0.3 is 0 Å². The van der Waals surface area contributed by atoms with Crippen LogP contribution in [0.15, 0.2) is 18.2 Å². The third-order valence-electron chi connectivity index (χ3n) is 4.44. The monoisotopic (exact) mass is 272 g/mol. The molecule has 3 heterocycles. The second-order valence-electron chi connectivity index (χ2n) is 6.28. The van der Waals surface area contributed by atoms with Gasteiger partial charge in [-0.1, -0.05) is 6.07 Å². The summed E-state index contributed by atoms with van der Waals surface area (Å²) in [5.74, 6) is 1.83. The number of pyridine rings is 1. The van der Waals surface area contributed by atoms with Crippen LogP contribution in [0, 0.1) is 12.8 Å². The smallest absolute Gasteiger partial charge is 0.160 e. The Labute approximate surface area is 120 Å². The van der Waals surface area contributed by atoms with Gasteiger partial charge in [0.15, 0.2) is 5.65 Å². The quantitative estimate of drug-likeness (QED) is 0.861. The van der Waals surface area contributed by atoms with Gasteiger partial charge in [-0.05, 0) is 58.2 Å². The minimum Gasteiger partial charge on any atom is -0.301 e. The number of likely N-dealkylation sites (tertiary alicyclic amines) is 1. The van der Waals surface area contributed by atoms with Crippen LogP contribution in [0.5, 0.6) is 0 Å². The third-order valence-corrected chi connectivity index (χ3v) is 4.44. The van der Waals surface area contributed by atoms with Crippen LogP contribution in [0.2, 0.25) is 0 Å². The molecule has 4 nitrogen and oxygen atoms in total. The summed E-state index contributed by atoms with van der Waals surface area (Å²) in [4.78, 5) is 2.59. The number of hydrogen-bond donors (Lipinski definition) is 0. The van der Waals surface area contributed by atoms with Crippen LogP contribution < -0.4 is 0 Å². The molecule has 3 rings (SSSR count). The number of nitrogens with zero attached hydrogens (tertiary/aromatic N) is 4. The van der Waals surface area contributed by atoms with Crippen molar-refractivity contribution in [2.45, 2.75) is 46.1 Å². The topological polar surface area (TPSA) is 33.4 Å². The molecule has 0 N–H and O–H groups in total. The molecule has 108 valence electrons. The van der Waals surface area contributed by atoms with Gasteiger partial charge in [-0.15, -0.1) is 10.2 Å². The Balaban J connectivity index is 1.79. The van der Waals surface area contributed by atoms with Crippen molar-refractivity contribution < 1.29 is 0 Å². The zero-order valence-corrected chi connectivity index (χ0v) is 12.7. The van der Waals surface area contributed by atoms with Crippen molar-refractivity contribution >= 4 is 5.65 Å². The van der Waals surface area contributed by atoms with E-state index in [9.17, 15) is 0 Å². The molecule has 0 spiro atoms. The van der Waals surface area contributed by atoms with E-state index in [0.29, 0.717) is 12.0 Å². The van der Waals surface area contributed by atoms with Crippen LogP contribution in [0.3, 0.4) is 0 Å². The van der Waals surface area contributed by atoms with E-state index in [0.717, 1.165) is 17.9 Å². The Kier molecular flexibility index (Phi) is 3.74. The highest BCUT2D eigenvalue weighted by atomic mass is 15.2. The number of piperidine rings is 1. The molecule has 1 fully saturated rings. The lowest BCUT2D eigenvalue weighted by Gasteiger charge is -2.35. The summed E-state index contributed by atoms with van der Waals surface area (Å²) in [6, 6.07) is 6.85. The Hall–Kier alpha value is -1.42. The predicted octanol–water partition coefficient (Wildman–Crippen LogP) is 2.70. The molecule has 4 heteroatoms. The number of fused-ring (bicyclic) bond motifs is 1. The molecular weight excluding hydrogens is 248 g/mol. The molecule has 0 saturated carbocycles.